The highest BCUT2D eigenvalue weighted by Crippen LogP contribution is 1.98. The van der Waals surface area contributed by atoms with Gasteiger partial charge in [-0.1, -0.05) is 19.8 Å². The van der Waals surface area contributed by atoms with Gasteiger partial charge in [-0.3, -0.25) is 0 Å². The van der Waals surface area contributed by atoms with Crippen molar-refractivity contribution in [3.05, 3.63) is 0 Å². The largest absolute Gasteiger partial charge is 0.280 e. The summed E-state index contributed by atoms with van der Waals surface area (Å²) in [6.07, 6.45) is 5.82. The summed E-state index contributed by atoms with van der Waals surface area (Å²) in [6, 6.07) is 0. The first-order valence-corrected chi connectivity index (χ1v) is 5.70. The topological polar surface area (TPSA) is 49.4 Å². The zero-order valence-corrected chi connectivity index (χ0v) is 8.89. The van der Waals surface area contributed by atoms with E-state index in [1.165, 1.54) is 4.31 Å². The molecule has 76 valence electrons. The van der Waals surface area contributed by atoms with Gasteiger partial charge in [0.2, 0.25) is 0 Å². The molecular weight excluding hydrogens is 188 g/mol. The highest BCUT2D eigenvalue weighted by molar-refractivity contribution is 7.87. The SMILES string of the molecule is C#CCN(CCC)S(=O)(=O)NCC. The highest BCUT2D eigenvalue weighted by atomic mass is 32.2. The van der Waals surface area contributed by atoms with Gasteiger partial charge in [0, 0.05) is 13.1 Å². The molecule has 0 radical (unpaired) electrons. The van der Waals surface area contributed by atoms with E-state index in [0.29, 0.717) is 13.1 Å². The van der Waals surface area contributed by atoms with Crippen LogP contribution in [0.3, 0.4) is 0 Å². The maximum atomic E-state index is 11.4. The summed E-state index contributed by atoms with van der Waals surface area (Å²) in [6.45, 7) is 4.61. The molecule has 0 fully saturated rings. The lowest BCUT2D eigenvalue weighted by atomic mass is 10.5. The molecule has 0 saturated heterocycles. The van der Waals surface area contributed by atoms with Crippen molar-refractivity contribution < 1.29 is 8.42 Å². The quantitative estimate of drug-likeness (QED) is 0.628. The first kappa shape index (κ1) is 12.4. The van der Waals surface area contributed by atoms with E-state index in [1.807, 2.05) is 6.92 Å². The van der Waals surface area contributed by atoms with Crippen molar-refractivity contribution in [1.82, 2.24) is 9.03 Å². The molecule has 4 nitrogen and oxygen atoms in total. The second kappa shape index (κ2) is 5.97. The van der Waals surface area contributed by atoms with Crippen LogP contribution in [-0.4, -0.2) is 32.4 Å². The molecule has 5 heteroatoms. The second-order valence-electron chi connectivity index (χ2n) is 2.54. The lowest BCUT2D eigenvalue weighted by Gasteiger charge is -2.18. The van der Waals surface area contributed by atoms with Crippen molar-refractivity contribution in [2.45, 2.75) is 20.3 Å². The van der Waals surface area contributed by atoms with Crippen molar-refractivity contribution >= 4 is 10.2 Å². The number of terminal acetylenes is 1. The third-order valence-electron chi connectivity index (χ3n) is 1.41. The van der Waals surface area contributed by atoms with E-state index < -0.39 is 10.2 Å². The van der Waals surface area contributed by atoms with Crippen LogP contribution in [0.2, 0.25) is 0 Å². The Morgan fingerprint density at radius 3 is 2.46 bits per heavy atom. The Morgan fingerprint density at radius 1 is 1.46 bits per heavy atom. The monoisotopic (exact) mass is 204 g/mol. The summed E-state index contributed by atoms with van der Waals surface area (Å²) in [4.78, 5) is 0. The molecule has 0 amide bonds. The maximum Gasteiger partial charge on any atom is 0.280 e. The molecule has 1 N–H and O–H groups in total. The molecule has 0 aliphatic carbocycles. The van der Waals surface area contributed by atoms with Crippen LogP contribution in [0.1, 0.15) is 20.3 Å². The number of hydrogen-bond donors (Lipinski definition) is 1. The lowest BCUT2D eigenvalue weighted by molar-refractivity contribution is 0.437. The molecule has 0 saturated carbocycles. The van der Waals surface area contributed by atoms with Crippen LogP contribution in [0.4, 0.5) is 0 Å². The van der Waals surface area contributed by atoms with Crippen molar-refractivity contribution in [2.75, 3.05) is 19.6 Å². The van der Waals surface area contributed by atoms with E-state index >= 15 is 0 Å². The number of nitrogens with one attached hydrogen (secondary N) is 1. The number of rotatable bonds is 6. The molecule has 0 aliphatic heterocycles. The average molecular weight is 204 g/mol. The smallest absolute Gasteiger partial charge is 0.202 e. The van der Waals surface area contributed by atoms with Crippen LogP contribution in [0.5, 0.6) is 0 Å². The fourth-order valence-corrected chi connectivity index (χ4v) is 2.12. The predicted octanol–water partition coefficient (Wildman–Crippen LogP) is 0.186. The van der Waals surface area contributed by atoms with E-state index in [9.17, 15) is 8.42 Å². The lowest BCUT2D eigenvalue weighted by Crippen LogP contribution is -2.41. The van der Waals surface area contributed by atoms with E-state index in [-0.39, 0.29) is 6.54 Å². The Hall–Kier alpha value is -0.570. The predicted molar refractivity (Wildman–Crippen MR) is 53.3 cm³/mol. The van der Waals surface area contributed by atoms with Crippen LogP contribution < -0.4 is 4.72 Å². The molecular formula is C8H16N2O2S. The van der Waals surface area contributed by atoms with Crippen LogP contribution in [-0.2, 0) is 10.2 Å². The molecule has 0 rings (SSSR count). The molecule has 0 bridgehead atoms. The van der Waals surface area contributed by atoms with Gasteiger partial charge in [-0.15, -0.1) is 6.42 Å². The summed E-state index contributed by atoms with van der Waals surface area (Å²) in [7, 11) is -3.36. The fourth-order valence-electron chi connectivity index (χ4n) is 0.909. The van der Waals surface area contributed by atoms with Gasteiger partial charge in [0.1, 0.15) is 0 Å². The van der Waals surface area contributed by atoms with Crippen molar-refractivity contribution in [3.8, 4) is 12.3 Å². The Kier molecular flexibility index (Phi) is 5.71. The number of nitrogens with zero attached hydrogens (tertiary/aromatic N) is 1. The molecule has 0 spiro atoms. The average Bonchev–Trinajstić information content (AvgIpc) is 2.04. The molecule has 0 unspecified atom stereocenters. The maximum absolute atomic E-state index is 11.4. The molecule has 0 heterocycles. The Bertz CT molecular complexity index is 266. The van der Waals surface area contributed by atoms with E-state index in [0.717, 1.165) is 6.42 Å². The van der Waals surface area contributed by atoms with Crippen LogP contribution in [0.15, 0.2) is 0 Å². The molecule has 0 aliphatic rings. The normalized spacial score (nSPS) is 11.5. The zero-order valence-electron chi connectivity index (χ0n) is 8.08. The summed E-state index contributed by atoms with van der Waals surface area (Å²) < 4.78 is 26.5. The van der Waals surface area contributed by atoms with Crippen molar-refractivity contribution in [3.63, 3.8) is 0 Å². The third kappa shape index (κ3) is 4.27. The molecule has 0 aromatic rings. The summed E-state index contributed by atoms with van der Waals surface area (Å²) >= 11 is 0. The van der Waals surface area contributed by atoms with E-state index in [1.54, 1.807) is 6.92 Å². The minimum absolute atomic E-state index is 0.128. The van der Waals surface area contributed by atoms with E-state index in [2.05, 4.69) is 10.6 Å². The van der Waals surface area contributed by atoms with Crippen LogP contribution in [0, 0.1) is 12.3 Å². The van der Waals surface area contributed by atoms with Gasteiger partial charge < -0.3 is 0 Å². The summed E-state index contributed by atoms with van der Waals surface area (Å²) in [5.41, 5.74) is 0. The van der Waals surface area contributed by atoms with Gasteiger partial charge in [-0.05, 0) is 6.42 Å². The first-order valence-electron chi connectivity index (χ1n) is 4.26. The fraction of sp³-hybridized carbons (Fsp3) is 0.750. The van der Waals surface area contributed by atoms with E-state index in [4.69, 9.17) is 6.42 Å². The Balaban J connectivity index is 4.44. The van der Waals surface area contributed by atoms with Gasteiger partial charge in [0.15, 0.2) is 0 Å². The molecule has 0 aromatic carbocycles. The van der Waals surface area contributed by atoms with Gasteiger partial charge in [-0.2, -0.15) is 12.7 Å². The van der Waals surface area contributed by atoms with Crippen LogP contribution >= 0.6 is 0 Å². The number of hydrogen-bond acceptors (Lipinski definition) is 2. The zero-order chi connectivity index (χ0) is 10.3. The highest BCUT2D eigenvalue weighted by Gasteiger charge is 2.18. The molecule has 0 aromatic heterocycles. The first-order chi connectivity index (χ1) is 6.08. The van der Waals surface area contributed by atoms with Gasteiger partial charge in [-0.25, -0.2) is 4.72 Å². The molecule has 0 atom stereocenters. The summed E-state index contributed by atoms with van der Waals surface area (Å²) in [5.74, 6) is 2.32. The van der Waals surface area contributed by atoms with Crippen molar-refractivity contribution in [1.29, 1.82) is 0 Å². The van der Waals surface area contributed by atoms with Gasteiger partial charge >= 0.3 is 0 Å². The van der Waals surface area contributed by atoms with Gasteiger partial charge in [0.25, 0.3) is 10.2 Å². The van der Waals surface area contributed by atoms with Gasteiger partial charge in [0.05, 0.1) is 6.54 Å². The summed E-state index contributed by atoms with van der Waals surface area (Å²) in [5, 5.41) is 0. The standard InChI is InChI=1S/C8H16N2O2S/c1-4-7-10(8-5-2)13(11,12)9-6-3/h1,9H,5-8H2,2-3H3. The third-order valence-corrected chi connectivity index (χ3v) is 3.05. The minimum Gasteiger partial charge on any atom is -0.202 e. The molecule has 13 heavy (non-hydrogen) atoms. The van der Waals surface area contributed by atoms with Crippen molar-refractivity contribution in [2.24, 2.45) is 0 Å². The minimum atomic E-state index is -3.36. The Labute approximate surface area is 80.5 Å². The Morgan fingerprint density at radius 2 is 2.08 bits per heavy atom. The van der Waals surface area contributed by atoms with Crippen LogP contribution in [0.25, 0.3) is 0 Å². The second-order valence-corrected chi connectivity index (χ2v) is 4.30.